The van der Waals surface area contributed by atoms with E-state index in [1.165, 1.54) is 9.35 Å². The molecule has 15 heavy (non-hydrogen) atoms. The molecule has 0 fully saturated rings. The van der Waals surface area contributed by atoms with E-state index in [1.807, 2.05) is 0 Å². The maximum Gasteiger partial charge on any atom is 0.0300 e. The average molecular weight is 291 g/mol. The zero-order chi connectivity index (χ0) is 11.3. The van der Waals surface area contributed by atoms with Crippen molar-refractivity contribution in [2.45, 2.75) is 26.8 Å². The topological polar surface area (TPSA) is 38.0 Å². The molecule has 0 spiro atoms. The van der Waals surface area contributed by atoms with Crippen LogP contribution >= 0.6 is 27.3 Å². The van der Waals surface area contributed by atoms with Gasteiger partial charge in [0.1, 0.15) is 0 Å². The summed E-state index contributed by atoms with van der Waals surface area (Å²) in [5.41, 5.74) is 5.92. The molecule has 2 nitrogen and oxygen atoms in total. The van der Waals surface area contributed by atoms with Crippen LogP contribution in [0.4, 0.5) is 0 Å². The molecule has 0 aromatic carbocycles. The van der Waals surface area contributed by atoms with Crippen molar-refractivity contribution in [3.05, 3.63) is 20.8 Å². The minimum atomic E-state index is 0.253. The number of halogens is 1. The predicted octanol–water partition coefficient (Wildman–Crippen LogP) is 2.98. The van der Waals surface area contributed by atoms with Gasteiger partial charge in [0, 0.05) is 21.3 Å². The monoisotopic (exact) mass is 290 g/mol. The SMILES string of the molecule is CC(C)(CN)CCNCc1cc(Br)cs1. The second kappa shape index (κ2) is 5.99. The van der Waals surface area contributed by atoms with Gasteiger partial charge in [-0.15, -0.1) is 11.3 Å². The normalized spacial score (nSPS) is 12.0. The third-order valence-corrected chi connectivity index (χ3v) is 4.15. The molecule has 0 atom stereocenters. The highest BCUT2D eigenvalue weighted by molar-refractivity contribution is 9.10. The molecule has 86 valence electrons. The number of nitrogens with one attached hydrogen (secondary N) is 1. The molecule has 3 N–H and O–H groups in total. The van der Waals surface area contributed by atoms with Gasteiger partial charge in [-0.25, -0.2) is 0 Å². The summed E-state index contributed by atoms with van der Waals surface area (Å²) >= 11 is 5.23. The number of hydrogen-bond donors (Lipinski definition) is 2. The molecule has 0 amide bonds. The molecule has 0 saturated carbocycles. The molecular weight excluding hydrogens is 272 g/mol. The van der Waals surface area contributed by atoms with Gasteiger partial charge in [0.2, 0.25) is 0 Å². The van der Waals surface area contributed by atoms with Crippen LogP contribution in [0.2, 0.25) is 0 Å². The van der Waals surface area contributed by atoms with E-state index in [1.54, 1.807) is 11.3 Å². The maximum absolute atomic E-state index is 5.67. The summed E-state index contributed by atoms with van der Waals surface area (Å²) in [6, 6.07) is 2.16. The van der Waals surface area contributed by atoms with Crippen LogP contribution in [-0.4, -0.2) is 13.1 Å². The second-order valence-corrected chi connectivity index (χ2v) is 6.44. The van der Waals surface area contributed by atoms with Gasteiger partial charge in [-0.3, -0.25) is 0 Å². The van der Waals surface area contributed by atoms with Gasteiger partial charge < -0.3 is 11.1 Å². The summed E-state index contributed by atoms with van der Waals surface area (Å²) in [4.78, 5) is 1.37. The first kappa shape index (κ1) is 13.2. The minimum absolute atomic E-state index is 0.253. The lowest BCUT2D eigenvalue weighted by atomic mass is 9.90. The van der Waals surface area contributed by atoms with Crippen LogP contribution in [0.25, 0.3) is 0 Å². The van der Waals surface area contributed by atoms with Crippen molar-refractivity contribution >= 4 is 27.3 Å². The predicted molar refractivity (Wildman–Crippen MR) is 71.2 cm³/mol. The van der Waals surface area contributed by atoms with Crippen molar-refractivity contribution in [3.8, 4) is 0 Å². The molecule has 0 aliphatic heterocycles. The Hall–Kier alpha value is 0.1000. The Morgan fingerprint density at radius 1 is 1.53 bits per heavy atom. The van der Waals surface area contributed by atoms with Crippen LogP contribution in [0.1, 0.15) is 25.1 Å². The number of thiophene rings is 1. The van der Waals surface area contributed by atoms with E-state index in [4.69, 9.17) is 5.73 Å². The fourth-order valence-corrected chi connectivity index (χ4v) is 2.61. The van der Waals surface area contributed by atoms with Crippen molar-refractivity contribution in [1.29, 1.82) is 0 Å². The standard InChI is InChI=1S/C11H19BrN2S/c1-11(2,8-13)3-4-14-6-10-5-9(12)7-15-10/h5,7,14H,3-4,6,8,13H2,1-2H3. The molecule has 0 aliphatic carbocycles. The average Bonchev–Trinajstić information content (AvgIpc) is 2.59. The molecule has 0 saturated heterocycles. The molecule has 0 unspecified atom stereocenters. The summed E-state index contributed by atoms with van der Waals surface area (Å²) < 4.78 is 1.17. The third kappa shape index (κ3) is 5.11. The Morgan fingerprint density at radius 3 is 2.80 bits per heavy atom. The lowest BCUT2D eigenvalue weighted by Gasteiger charge is -2.22. The lowest BCUT2D eigenvalue weighted by Crippen LogP contribution is -2.28. The van der Waals surface area contributed by atoms with E-state index >= 15 is 0 Å². The quantitative estimate of drug-likeness (QED) is 0.791. The van der Waals surface area contributed by atoms with Gasteiger partial charge in [-0.2, -0.15) is 0 Å². The van der Waals surface area contributed by atoms with Crippen molar-refractivity contribution < 1.29 is 0 Å². The van der Waals surface area contributed by atoms with Crippen LogP contribution in [0, 0.1) is 5.41 Å². The van der Waals surface area contributed by atoms with Crippen LogP contribution in [0.3, 0.4) is 0 Å². The van der Waals surface area contributed by atoms with Gasteiger partial charge in [0.05, 0.1) is 0 Å². The highest BCUT2D eigenvalue weighted by Gasteiger charge is 2.14. The molecule has 1 aromatic rings. The minimum Gasteiger partial charge on any atom is -0.330 e. The molecule has 1 heterocycles. The van der Waals surface area contributed by atoms with Gasteiger partial charge in [0.15, 0.2) is 0 Å². The Kier molecular flexibility index (Phi) is 5.26. The molecule has 0 bridgehead atoms. The van der Waals surface area contributed by atoms with E-state index in [0.29, 0.717) is 0 Å². The van der Waals surface area contributed by atoms with E-state index in [9.17, 15) is 0 Å². The van der Waals surface area contributed by atoms with E-state index in [-0.39, 0.29) is 5.41 Å². The lowest BCUT2D eigenvalue weighted by molar-refractivity contribution is 0.339. The van der Waals surface area contributed by atoms with Gasteiger partial charge >= 0.3 is 0 Å². The summed E-state index contributed by atoms with van der Waals surface area (Å²) in [6.07, 6.45) is 1.12. The fourth-order valence-electron chi connectivity index (χ4n) is 1.19. The maximum atomic E-state index is 5.67. The van der Waals surface area contributed by atoms with Crippen molar-refractivity contribution in [1.82, 2.24) is 5.32 Å². The van der Waals surface area contributed by atoms with Crippen LogP contribution in [-0.2, 0) is 6.54 Å². The van der Waals surface area contributed by atoms with Crippen molar-refractivity contribution in [2.24, 2.45) is 11.1 Å². The largest absolute Gasteiger partial charge is 0.330 e. The van der Waals surface area contributed by atoms with Gasteiger partial charge in [-0.1, -0.05) is 13.8 Å². The Morgan fingerprint density at radius 2 is 2.27 bits per heavy atom. The number of hydrogen-bond acceptors (Lipinski definition) is 3. The first-order valence-electron chi connectivity index (χ1n) is 5.17. The smallest absolute Gasteiger partial charge is 0.0300 e. The van der Waals surface area contributed by atoms with Gasteiger partial charge in [-0.05, 0) is 46.9 Å². The number of nitrogens with two attached hydrogens (primary N) is 1. The molecular formula is C11H19BrN2S. The Balaban J connectivity index is 2.17. The van der Waals surface area contributed by atoms with E-state index in [2.05, 4.69) is 46.5 Å². The van der Waals surface area contributed by atoms with Crippen LogP contribution in [0.15, 0.2) is 15.9 Å². The summed E-state index contributed by atoms with van der Waals surface area (Å²) in [6.45, 7) is 7.14. The highest BCUT2D eigenvalue weighted by Crippen LogP contribution is 2.20. The van der Waals surface area contributed by atoms with Crippen molar-refractivity contribution in [2.75, 3.05) is 13.1 Å². The molecule has 0 radical (unpaired) electrons. The Bertz CT molecular complexity index is 297. The van der Waals surface area contributed by atoms with E-state index in [0.717, 1.165) is 26.1 Å². The molecule has 4 heteroatoms. The fraction of sp³-hybridized carbons (Fsp3) is 0.636. The van der Waals surface area contributed by atoms with Crippen LogP contribution in [0.5, 0.6) is 0 Å². The van der Waals surface area contributed by atoms with Crippen LogP contribution < -0.4 is 11.1 Å². The Labute approximate surface area is 104 Å². The molecule has 0 aliphatic rings. The third-order valence-electron chi connectivity index (χ3n) is 2.45. The molecule has 1 rings (SSSR count). The molecule has 1 aromatic heterocycles. The number of rotatable bonds is 6. The van der Waals surface area contributed by atoms with Crippen molar-refractivity contribution in [3.63, 3.8) is 0 Å². The zero-order valence-corrected chi connectivity index (χ0v) is 11.7. The first-order chi connectivity index (χ1) is 7.03. The second-order valence-electron chi connectivity index (χ2n) is 4.53. The van der Waals surface area contributed by atoms with Gasteiger partial charge in [0.25, 0.3) is 0 Å². The summed E-state index contributed by atoms with van der Waals surface area (Å²) in [7, 11) is 0. The zero-order valence-electron chi connectivity index (χ0n) is 9.35. The summed E-state index contributed by atoms with van der Waals surface area (Å²) in [5.74, 6) is 0. The summed E-state index contributed by atoms with van der Waals surface area (Å²) in [5, 5.41) is 5.55. The van der Waals surface area contributed by atoms with E-state index < -0.39 is 0 Å². The highest BCUT2D eigenvalue weighted by atomic mass is 79.9. The first-order valence-corrected chi connectivity index (χ1v) is 6.84.